The zero-order valence-corrected chi connectivity index (χ0v) is 9.54. The molecule has 0 spiro atoms. The maximum Gasteiger partial charge on any atom is 0.126 e. The van der Waals surface area contributed by atoms with Gasteiger partial charge in [0.25, 0.3) is 0 Å². The average Bonchev–Trinajstić information content (AvgIpc) is 2.72. The fourth-order valence-electron chi connectivity index (χ4n) is 1.62. The third-order valence-electron chi connectivity index (χ3n) is 2.43. The Bertz CT molecular complexity index is 693. The number of benzene rings is 1. The summed E-state index contributed by atoms with van der Waals surface area (Å²) in [4.78, 5) is 8.31. The van der Waals surface area contributed by atoms with Gasteiger partial charge < -0.3 is 5.73 Å². The topological polar surface area (TPSA) is 51.8 Å². The van der Waals surface area contributed by atoms with E-state index in [9.17, 15) is 4.39 Å². The number of hydrogen-bond acceptors (Lipinski definition) is 4. The number of anilines is 1. The predicted molar refractivity (Wildman–Crippen MR) is 67.2 cm³/mol. The molecule has 0 aliphatic heterocycles. The lowest BCUT2D eigenvalue weighted by molar-refractivity contribution is 0.629. The second-order valence-corrected chi connectivity index (χ2v) is 4.62. The van der Waals surface area contributed by atoms with E-state index in [4.69, 9.17) is 5.73 Å². The van der Waals surface area contributed by atoms with E-state index in [1.807, 2.05) is 6.07 Å². The Morgan fingerprint density at radius 2 is 2.12 bits per heavy atom. The number of hydrogen-bond donors (Lipinski definition) is 1. The summed E-state index contributed by atoms with van der Waals surface area (Å²) in [6.45, 7) is 0. The summed E-state index contributed by atoms with van der Waals surface area (Å²) in [6.07, 6.45) is 3.25. The molecule has 0 amide bonds. The highest BCUT2D eigenvalue weighted by Gasteiger charge is 2.09. The summed E-state index contributed by atoms with van der Waals surface area (Å²) in [6, 6.07) is 6.39. The Hall–Kier alpha value is -2.01. The maximum absolute atomic E-state index is 13.1. The summed E-state index contributed by atoms with van der Waals surface area (Å²) < 4.78 is 14.0. The van der Waals surface area contributed by atoms with Gasteiger partial charge in [-0.15, -0.1) is 11.3 Å². The van der Waals surface area contributed by atoms with E-state index in [0.29, 0.717) is 11.2 Å². The number of nitrogens with two attached hydrogens (primary N) is 1. The van der Waals surface area contributed by atoms with Gasteiger partial charge in [-0.3, -0.25) is 4.98 Å². The molecule has 0 radical (unpaired) electrons. The standard InChI is InChI=1S/C12H8FN3S/c13-7-1-2-11-10(5-7)16-12(17-11)8-3-4-15-6-9(8)14/h1-6H,14H2. The van der Waals surface area contributed by atoms with Crippen LogP contribution in [0.3, 0.4) is 0 Å². The minimum atomic E-state index is -0.281. The van der Waals surface area contributed by atoms with Crippen molar-refractivity contribution >= 4 is 27.2 Å². The van der Waals surface area contributed by atoms with Crippen molar-refractivity contribution in [1.82, 2.24) is 9.97 Å². The Labute approximate surface area is 101 Å². The number of fused-ring (bicyclic) bond motifs is 1. The predicted octanol–water partition coefficient (Wildman–Crippen LogP) is 3.08. The molecule has 3 aromatic rings. The van der Waals surface area contributed by atoms with Crippen molar-refractivity contribution in [2.75, 3.05) is 5.73 Å². The SMILES string of the molecule is Nc1cnccc1-c1nc2cc(F)ccc2s1. The number of aromatic nitrogens is 2. The van der Waals surface area contributed by atoms with Gasteiger partial charge in [-0.1, -0.05) is 0 Å². The lowest BCUT2D eigenvalue weighted by Crippen LogP contribution is -1.89. The molecule has 3 nitrogen and oxygen atoms in total. The van der Waals surface area contributed by atoms with E-state index in [1.54, 1.807) is 18.5 Å². The highest BCUT2D eigenvalue weighted by atomic mass is 32.1. The number of halogens is 1. The first kappa shape index (κ1) is 10.2. The third-order valence-corrected chi connectivity index (χ3v) is 3.50. The molecule has 0 aliphatic rings. The first-order valence-electron chi connectivity index (χ1n) is 5.00. The van der Waals surface area contributed by atoms with E-state index in [0.717, 1.165) is 15.3 Å². The Balaban J connectivity index is 2.22. The largest absolute Gasteiger partial charge is 0.397 e. The van der Waals surface area contributed by atoms with E-state index >= 15 is 0 Å². The van der Waals surface area contributed by atoms with Crippen LogP contribution >= 0.6 is 11.3 Å². The Morgan fingerprint density at radius 1 is 1.24 bits per heavy atom. The smallest absolute Gasteiger partial charge is 0.126 e. The first-order chi connectivity index (χ1) is 8.24. The molecule has 3 rings (SSSR count). The van der Waals surface area contributed by atoms with Crippen LogP contribution in [0.5, 0.6) is 0 Å². The van der Waals surface area contributed by atoms with Gasteiger partial charge in [0, 0.05) is 17.8 Å². The quantitative estimate of drug-likeness (QED) is 0.716. The fraction of sp³-hybridized carbons (Fsp3) is 0. The molecule has 0 saturated heterocycles. The van der Waals surface area contributed by atoms with Gasteiger partial charge in [0.1, 0.15) is 10.8 Å². The second-order valence-electron chi connectivity index (χ2n) is 3.59. The molecule has 1 aromatic carbocycles. The monoisotopic (exact) mass is 245 g/mol. The number of nitrogens with zero attached hydrogens (tertiary/aromatic N) is 2. The van der Waals surface area contributed by atoms with Crippen LogP contribution in [0, 0.1) is 5.82 Å². The van der Waals surface area contributed by atoms with E-state index in [1.165, 1.54) is 23.5 Å². The van der Waals surface area contributed by atoms with Gasteiger partial charge in [-0.2, -0.15) is 0 Å². The summed E-state index contributed by atoms with van der Waals surface area (Å²) in [5, 5.41) is 0.783. The van der Waals surface area contributed by atoms with Gasteiger partial charge >= 0.3 is 0 Å². The van der Waals surface area contributed by atoms with Crippen LogP contribution in [-0.2, 0) is 0 Å². The van der Waals surface area contributed by atoms with Crippen molar-refractivity contribution in [2.45, 2.75) is 0 Å². The summed E-state index contributed by atoms with van der Waals surface area (Å²) in [5.74, 6) is -0.281. The van der Waals surface area contributed by atoms with Crippen LogP contribution in [0.25, 0.3) is 20.8 Å². The van der Waals surface area contributed by atoms with E-state index < -0.39 is 0 Å². The maximum atomic E-state index is 13.1. The molecule has 0 aliphatic carbocycles. The molecular weight excluding hydrogens is 237 g/mol. The highest BCUT2D eigenvalue weighted by Crippen LogP contribution is 2.32. The normalized spacial score (nSPS) is 10.9. The minimum absolute atomic E-state index is 0.281. The van der Waals surface area contributed by atoms with Crippen LogP contribution in [0.1, 0.15) is 0 Å². The summed E-state index contributed by atoms with van der Waals surface area (Å²) >= 11 is 1.49. The van der Waals surface area contributed by atoms with Gasteiger partial charge in [-0.25, -0.2) is 9.37 Å². The number of nitrogen functional groups attached to an aromatic ring is 1. The lowest BCUT2D eigenvalue weighted by Gasteiger charge is -1.98. The molecule has 0 bridgehead atoms. The zero-order chi connectivity index (χ0) is 11.8. The zero-order valence-electron chi connectivity index (χ0n) is 8.72. The average molecular weight is 245 g/mol. The van der Waals surface area contributed by atoms with Crippen molar-refractivity contribution in [1.29, 1.82) is 0 Å². The van der Waals surface area contributed by atoms with Crippen LogP contribution in [0.2, 0.25) is 0 Å². The molecule has 2 N–H and O–H groups in total. The number of rotatable bonds is 1. The Kier molecular flexibility index (Phi) is 2.26. The van der Waals surface area contributed by atoms with Crippen molar-refractivity contribution in [2.24, 2.45) is 0 Å². The van der Waals surface area contributed by atoms with Crippen molar-refractivity contribution in [3.8, 4) is 10.6 Å². The molecule has 2 heterocycles. The Morgan fingerprint density at radius 3 is 2.94 bits per heavy atom. The molecular formula is C12H8FN3S. The minimum Gasteiger partial charge on any atom is -0.397 e. The summed E-state index contributed by atoms with van der Waals surface area (Å²) in [5.41, 5.74) is 7.90. The van der Waals surface area contributed by atoms with Crippen LogP contribution in [-0.4, -0.2) is 9.97 Å². The van der Waals surface area contributed by atoms with Gasteiger partial charge in [0.2, 0.25) is 0 Å². The van der Waals surface area contributed by atoms with Crippen molar-refractivity contribution < 1.29 is 4.39 Å². The highest BCUT2D eigenvalue weighted by molar-refractivity contribution is 7.21. The van der Waals surface area contributed by atoms with Crippen molar-refractivity contribution in [3.05, 3.63) is 42.5 Å². The van der Waals surface area contributed by atoms with Crippen molar-refractivity contribution in [3.63, 3.8) is 0 Å². The molecule has 0 unspecified atom stereocenters. The van der Waals surface area contributed by atoms with Gasteiger partial charge in [-0.05, 0) is 18.2 Å². The van der Waals surface area contributed by atoms with Crippen LogP contribution < -0.4 is 5.73 Å². The molecule has 5 heteroatoms. The molecule has 2 aromatic heterocycles. The third kappa shape index (κ3) is 1.74. The number of thiazole rings is 1. The molecule has 0 fully saturated rings. The second kappa shape index (κ2) is 3.78. The van der Waals surface area contributed by atoms with Crippen LogP contribution in [0.15, 0.2) is 36.7 Å². The molecule has 0 atom stereocenters. The van der Waals surface area contributed by atoms with Crippen LogP contribution in [0.4, 0.5) is 10.1 Å². The van der Waals surface area contributed by atoms with E-state index in [-0.39, 0.29) is 5.82 Å². The molecule has 0 saturated carbocycles. The van der Waals surface area contributed by atoms with Gasteiger partial charge in [0.05, 0.1) is 22.1 Å². The first-order valence-corrected chi connectivity index (χ1v) is 5.81. The number of pyridine rings is 1. The van der Waals surface area contributed by atoms with E-state index in [2.05, 4.69) is 9.97 Å². The molecule has 17 heavy (non-hydrogen) atoms. The lowest BCUT2D eigenvalue weighted by atomic mass is 10.2. The summed E-state index contributed by atoms with van der Waals surface area (Å²) in [7, 11) is 0. The fourth-order valence-corrected chi connectivity index (χ4v) is 2.61. The van der Waals surface area contributed by atoms with Gasteiger partial charge in [0.15, 0.2) is 0 Å². The molecule has 84 valence electrons.